The average Bonchev–Trinajstić information content (AvgIpc) is 2.87. The molecule has 0 rings (SSSR count). The molecule has 0 saturated carbocycles. The van der Waals surface area contributed by atoms with Crippen LogP contribution in [0.5, 0.6) is 0 Å². The third kappa shape index (κ3) is 34.3. The highest BCUT2D eigenvalue weighted by molar-refractivity contribution is 4.55. The maximum atomic E-state index is 5.86. The van der Waals surface area contributed by atoms with Crippen LogP contribution in [-0.2, 0) is 14.2 Å². The first-order valence-corrected chi connectivity index (χ1v) is 16.5. The van der Waals surface area contributed by atoms with E-state index in [9.17, 15) is 0 Å². The Morgan fingerprint density at radius 3 is 1.11 bits per heavy atom. The highest BCUT2D eigenvalue weighted by Crippen LogP contribution is 2.13. The van der Waals surface area contributed by atoms with Gasteiger partial charge in [0.1, 0.15) is 6.10 Å². The Labute approximate surface area is 250 Å². The summed E-state index contributed by atoms with van der Waals surface area (Å²) in [5.41, 5.74) is 0. The van der Waals surface area contributed by atoms with E-state index < -0.39 is 0 Å². The molecular weight excluding hydrogens is 538 g/mol. The summed E-state index contributed by atoms with van der Waals surface area (Å²) in [5, 5.41) is 0. The lowest BCUT2D eigenvalue weighted by molar-refractivity contribution is -0.870. The Morgan fingerprint density at radius 2 is 0.789 bits per heavy atom. The highest BCUT2D eigenvalue weighted by Gasteiger charge is 2.08. The molecule has 0 aliphatic carbocycles. The van der Waals surface area contributed by atoms with Crippen molar-refractivity contribution in [2.45, 2.75) is 154 Å². The van der Waals surface area contributed by atoms with Crippen molar-refractivity contribution in [3.05, 3.63) is 0 Å². The van der Waals surface area contributed by atoms with Gasteiger partial charge < -0.3 is 35.7 Å². The Balaban J connectivity index is 0. The van der Waals surface area contributed by atoms with Crippen LogP contribution in [0.3, 0.4) is 0 Å². The zero-order valence-electron chi connectivity index (χ0n) is 26.7. The first-order chi connectivity index (χ1) is 18.0. The number of hydrogen-bond acceptors (Lipinski definition) is 3. The van der Waals surface area contributed by atoms with Crippen molar-refractivity contribution in [1.82, 2.24) is 0 Å². The van der Waals surface area contributed by atoms with Crippen LogP contribution in [-0.4, -0.2) is 71.8 Å². The fourth-order valence-corrected chi connectivity index (χ4v) is 4.86. The van der Waals surface area contributed by atoms with E-state index in [1.807, 2.05) is 0 Å². The molecule has 1 unspecified atom stereocenters. The fraction of sp³-hybridized carbons (Fsp3) is 1.00. The molecule has 5 heteroatoms. The van der Waals surface area contributed by atoms with Gasteiger partial charge in [0.25, 0.3) is 0 Å². The summed E-state index contributed by atoms with van der Waals surface area (Å²) in [7, 11) is 8.62. The quantitative estimate of drug-likeness (QED) is 0.0679. The zero-order valence-corrected chi connectivity index (χ0v) is 28.3. The maximum absolute atomic E-state index is 5.86. The predicted octanol–water partition coefficient (Wildman–Crippen LogP) is 6.35. The third-order valence-corrected chi connectivity index (χ3v) is 7.45. The average molecular weight is 609 g/mol. The summed E-state index contributed by atoms with van der Waals surface area (Å²) < 4.78 is 18.3. The lowest BCUT2D eigenvalue weighted by Crippen LogP contribution is -3.00. The van der Waals surface area contributed by atoms with E-state index in [2.05, 4.69) is 28.1 Å². The summed E-state index contributed by atoms with van der Waals surface area (Å²) >= 11 is 0. The lowest BCUT2D eigenvalue weighted by Gasteiger charge is -2.23. The Bertz CT molecular complexity index is 431. The molecule has 0 radical (unpaired) electrons. The Kier molecular flexibility index (Phi) is 33.9. The normalized spacial score (nSPS) is 12.6. The van der Waals surface area contributed by atoms with Gasteiger partial charge >= 0.3 is 0 Å². The molecule has 0 aromatic rings. The van der Waals surface area contributed by atoms with E-state index >= 15 is 0 Å². The first kappa shape index (κ1) is 40.5. The van der Waals surface area contributed by atoms with E-state index in [0.717, 1.165) is 24.1 Å². The summed E-state index contributed by atoms with van der Waals surface area (Å²) in [4.78, 5) is 0. The molecule has 0 aromatic carbocycles. The largest absolute Gasteiger partial charge is 1.00 e. The second-order valence-electron chi connectivity index (χ2n) is 12.4. The standard InChI is InChI=1S/C33H70NO3.BrH/c1-6-7-8-9-10-11-12-13-14-15-17-20-23-26-29-36-31-33(35-5)32-37-30-27-24-21-18-16-19-22-25-28-34(2,3)4;/h33H,6-32H2,1-5H3;1H/q+1;/p-1. The van der Waals surface area contributed by atoms with Crippen LogP contribution in [0.15, 0.2) is 0 Å². The van der Waals surface area contributed by atoms with Gasteiger partial charge in [-0.15, -0.1) is 0 Å². The van der Waals surface area contributed by atoms with Crippen molar-refractivity contribution >= 4 is 0 Å². The minimum Gasteiger partial charge on any atom is -1.00 e. The van der Waals surface area contributed by atoms with Gasteiger partial charge in [-0.05, 0) is 25.7 Å². The molecule has 0 aliphatic heterocycles. The van der Waals surface area contributed by atoms with E-state index in [4.69, 9.17) is 14.2 Å². The Morgan fingerprint density at radius 1 is 0.474 bits per heavy atom. The molecule has 0 saturated heterocycles. The number of hydrogen-bond donors (Lipinski definition) is 0. The molecule has 0 bridgehead atoms. The van der Waals surface area contributed by atoms with E-state index in [0.29, 0.717) is 13.2 Å². The summed E-state index contributed by atoms with van der Waals surface area (Å²) in [6, 6.07) is 0. The van der Waals surface area contributed by atoms with E-state index in [1.54, 1.807) is 7.11 Å². The number of rotatable bonds is 31. The molecule has 0 spiro atoms. The molecule has 0 aromatic heterocycles. The number of unbranched alkanes of at least 4 members (excludes halogenated alkanes) is 20. The number of nitrogens with zero attached hydrogens (tertiary/aromatic N) is 1. The second-order valence-corrected chi connectivity index (χ2v) is 12.4. The molecule has 0 fully saturated rings. The van der Waals surface area contributed by atoms with Crippen molar-refractivity contribution in [2.75, 3.05) is 61.2 Å². The molecular formula is C33H70BrNO3. The molecule has 4 nitrogen and oxygen atoms in total. The fourth-order valence-electron chi connectivity index (χ4n) is 4.86. The monoisotopic (exact) mass is 607 g/mol. The number of quaternary nitrogens is 1. The van der Waals surface area contributed by atoms with E-state index in [-0.39, 0.29) is 23.1 Å². The van der Waals surface area contributed by atoms with Gasteiger partial charge in [-0.1, -0.05) is 122 Å². The molecule has 38 heavy (non-hydrogen) atoms. The van der Waals surface area contributed by atoms with Crippen LogP contribution in [0.25, 0.3) is 0 Å². The summed E-state index contributed by atoms with van der Waals surface area (Å²) in [5.74, 6) is 0. The van der Waals surface area contributed by atoms with Crippen molar-refractivity contribution in [2.24, 2.45) is 0 Å². The lowest BCUT2D eigenvalue weighted by atomic mass is 10.0. The van der Waals surface area contributed by atoms with Crippen LogP contribution in [0, 0.1) is 0 Å². The topological polar surface area (TPSA) is 27.7 Å². The van der Waals surface area contributed by atoms with Crippen LogP contribution in [0.4, 0.5) is 0 Å². The van der Waals surface area contributed by atoms with Crippen LogP contribution in [0.1, 0.15) is 148 Å². The second kappa shape index (κ2) is 31.8. The van der Waals surface area contributed by atoms with Gasteiger partial charge in [-0.2, -0.15) is 0 Å². The molecule has 0 N–H and O–H groups in total. The van der Waals surface area contributed by atoms with Gasteiger partial charge in [0.15, 0.2) is 0 Å². The Hall–Kier alpha value is 0.320. The molecule has 0 amide bonds. The molecule has 0 aliphatic rings. The smallest absolute Gasteiger partial charge is 0.104 e. The van der Waals surface area contributed by atoms with Crippen molar-refractivity contribution in [3.8, 4) is 0 Å². The molecule has 0 heterocycles. The van der Waals surface area contributed by atoms with Crippen LogP contribution in [0.2, 0.25) is 0 Å². The van der Waals surface area contributed by atoms with E-state index in [1.165, 1.54) is 141 Å². The number of methoxy groups -OCH3 is 1. The van der Waals surface area contributed by atoms with Crippen molar-refractivity contribution in [1.29, 1.82) is 0 Å². The minimum atomic E-state index is 0. The number of ether oxygens (including phenoxy) is 3. The maximum Gasteiger partial charge on any atom is 0.104 e. The van der Waals surface area contributed by atoms with Crippen molar-refractivity contribution < 1.29 is 35.7 Å². The highest BCUT2D eigenvalue weighted by atomic mass is 79.9. The molecule has 232 valence electrons. The minimum absolute atomic E-state index is 0. The predicted molar refractivity (Wildman–Crippen MR) is 163 cm³/mol. The van der Waals surface area contributed by atoms with Crippen molar-refractivity contribution in [3.63, 3.8) is 0 Å². The molecule has 1 atom stereocenters. The van der Waals surface area contributed by atoms with Gasteiger partial charge in [0.2, 0.25) is 0 Å². The first-order valence-electron chi connectivity index (χ1n) is 16.5. The van der Waals surface area contributed by atoms with Gasteiger partial charge in [0, 0.05) is 20.3 Å². The van der Waals surface area contributed by atoms with Gasteiger partial charge in [0.05, 0.1) is 40.9 Å². The summed E-state index contributed by atoms with van der Waals surface area (Å²) in [6.45, 7) is 6.60. The SMILES string of the molecule is CCCCCCCCCCCCCCCCOCC(COCCCCCCCCCC[N+](C)(C)C)OC.[Br-]. The van der Waals surface area contributed by atoms with Gasteiger partial charge in [-0.3, -0.25) is 0 Å². The zero-order chi connectivity index (χ0) is 27.3. The van der Waals surface area contributed by atoms with Crippen LogP contribution < -0.4 is 17.0 Å². The van der Waals surface area contributed by atoms with Crippen LogP contribution >= 0.6 is 0 Å². The number of halogens is 1. The van der Waals surface area contributed by atoms with Gasteiger partial charge in [-0.25, -0.2) is 0 Å². The summed E-state index contributed by atoms with van der Waals surface area (Å²) in [6.07, 6.45) is 30.3. The third-order valence-electron chi connectivity index (χ3n) is 7.45.